The van der Waals surface area contributed by atoms with Gasteiger partial charge in [-0.05, 0) is 106 Å². The van der Waals surface area contributed by atoms with E-state index in [-0.39, 0.29) is 10.8 Å². The normalized spacial score (nSPS) is 14.5. The van der Waals surface area contributed by atoms with Crippen molar-refractivity contribution < 1.29 is 0 Å². The molecule has 1 atom stereocenters. The van der Waals surface area contributed by atoms with Crippen molar-refractivity contribution in [3.05, 3.63) is 204 Å². The largest absolute Gasteiger partial charge is 0.208 e. The highest BCUT2D eigenvalue weighted by Gasteiger charge is 2.30. The van der Waals surface area contributed by atoms with Crippen molar-refractivity contribution in [2.24, 2.45) is 0 Å². The van der Waals surface area contributed by atoms with Gasteiger partial charge in [0, 0.05) is 22.6 Å². The maximum atomic E-state index is 5.19. The minimum Gasteiger partial charge on any atom is -0.208 e. The van der Waals surface area contributed by atoms with Crippen molar-refractivity contribution in [1.82, 2.24) is 15.0 Å². The first-order valence-corrected chi connectivity index (χ1v) is 22.6. The van der Waals surface area contributed by atoms with E-state index in [4.69, 9.17) is 15.0 Å². The van der Waals surface area contributed by atoms with Gasteiger partial charge in [0.25, 0.3) is 0 Å². The Bertz CT molecular complexity index is 3260. The molecule has 3 nitrogen and oxygen atoms in total. The minimum absolute atomic E-state index is 0.0401. The molecule has 0 N–H and O–H groups in total. The molecule has 0 saturated carbocycles. The van der Waals surface area contributed by atoms with Crippen molar-refractivity contribution in [3.63, 3.8) is 0 Å². The first-order chi connectivity index (χ1) is 31.0. The van der Waals surface area contributed by atoms with Gasteiger partial charge in [0.05, 0.1) is 0 Å². The lowest BCUT2D eigenvalue weighted by Crippen LogP contribution is -2.10. The molecule has 0 fully saturated rings. The van der Waals surface area contributed by atoms with Crippen LogP contribution in [-0.4, -0.2) is 15.0 Å². The van der Waals surface area contributed by atoms with E-state index < -0.39 is 0 Å². The molecule has 11 rings (SSSR count). The third-order valence-corrected chi connectivity index (χ3v) is 13.4. The van der Waals surface area contributed by atoms with Crippen LogP contribution < -0.4 is 0 Å². The lowest BCUT2D eigenvalue weighted by Gasteiger charge is -2.19. The van der Waals surface area contributed by atoms with Gasteiger partial charge in [-0.25, -0.2) is 15.0 Å². The standard InChI is InChI=1S/C61H51N3/c1-60(2,3)45-30-25-41(26-31-45)57-62-58(42-27-32-46(33-28-42)61(4,5)6)64-59(63-57)44-15-11-14-43(37-44)55-48-16-8-7-13-38(48)29-34-49(55)40-23-21-39(22-24-40)47-35-36-54-51-18-10-9-17-50(51)53-20-12-19-52(47)56(53)54/h7-16,18-37,50H,17H2,1-6H3. The van der Waals surface area contributed by atoms with Crippen LogP contribution >= 0.6 is 0 Å². The summed E-state index contributed by atoms with van der Waals surface area (Å²) in [5.41, 5.74) is 16.9. The number of nitrogens with zero attached hydrogens (tertiary/aromatic N) is 3. The van der Waals surface area contributed by atoms with Gasteiger partial charge in [-0.3, -0.25) is 0 Å². The van der Waals surface area contributed by atoms with Crippen LogP contribution in [0.25, 0.3) is 94.7 Å². The molecule has 1 unspecified atom stereocenters. The molecule has 0 bridgehead atoms. The lowest BCUT2D eigenvalue weighted by atomic mass is 9.86. The van der Waals surface area contributed by atoms with E-state index in [0.717, 1.165) is 28.7 Å². The maximum Gasteiger partial charge on any atom is 0.164 e. The molecule has 0 radical (unpaired) electrons. The van der Waals surface area contributed by atoms with E-state index in [1.165, 1.54) is 77.2 Å². The topological polar surface area (TPSA) is 38.7 Å². The number of fused-ring (bicyclic) bond motifs is 4. The van der Waals surface area contributed by atoms with Gasteiger partial charge in [0.1, 0.15) is 0 Å². The van der Waals surface area contributed by atoms with Crippen LogP contribution in [-0.2, 0) is 10.8 Å². The van der Waals surface area contributed by atoms with Gasteiger partial charge in [0.15, 0.2) is 17.5 Å². The molecule has 310 valence electrons. The van der Waals surface area contributed by atoms with Crippen molar-refractivity contribution in [3.8, 4) is 67.5 Å². The molecule has 0 aliphatic heterocycles. The van der Waals surface area contributed by atoms with Crippen LogP contribution in [0.4, 0.5) is 0 Å². The Hall–Kier alpha value is -7.23. The summed E-state index contributed by atoms with van der Waals surface area (Å²) in [6.45, 7) is 13.4. The molecule has 0 spiro atoms. The summed E-state index contributed by atoms with van der Waals surface area (Å²) in [5.74, 6) is 2.41. The summed E-state index contributed by atoms with van der Waals surface area (Å²) < 4.78 is 0. The van der Waals surface area contributed by atoms with Gasteiger partial charge in [0.2, 0.25) is 0 Å². The quantitative estimate of drug-likeness (QED) is 0.168. The maximum absolute atomic E-state index is 5.19. The highest BCUT2D eigenvalue weighted by molar-refractivity contribution is 6.10. The first-order valence-electron chi connectivity index (χ1n) is 22.6. The first kappa shape index (κ1) is 39.6. The van der Waals surface area contributed by atoms with Gasteiger partial charge >= 0.3 is 0 Å². The molecule has 0 saturated heterocycles. The zero-order chi connectivity index (χ0) is 43.7. The van der Waals surface area contributed by atoms with Crippen molar-refractivity contribution in [2.75, 3.05) is 0 Å². The zero-order valence-electron chi connectivity index (χ0n) is 37.4. The fraction of sp³-hybridized carbons (Fsp3) is 0.164. The Morgan fingerprint density at radius 2 is 0.969 bits per heavy atom. The fourth-order valence-corrected chi connectivity index (χ4v) is 9.89. The minimum atomic E-state index is 0.0401. The molecule has 3 heteroatoms. The Labute approximate surface area is 377 Å². The Kier molecular flexibility index (Phi) is 9.43. The van der Waals surface area contributed by atoms with E-state index in [1.807, 2.05) is 0 Å². The summed E-state index contributed by atoms with van der Waals surface area (Å²) in [7, 11) is 0. The van der Waals surface area contributed by atoms with Crippen molar-refractivity contribution >= 4 is 27.1 Å². The second kappa shape index (κ2) is 15.2. The Morgan fingerprint density at radius 3 is 1.62 bits per heavy atom. The van der Waals surface area contributed by atoms with Crippen LogP contribution in [0.3, 0.4) is 0 Å². The van der Waals surface area contributed by atoms with E-state index in [9.17, 15) is 0 Å². The number of allylic oxidation sites excluding steroid dienone is 4. The van der Waals surface area contributed by atoms with Gasteiger partial charge < -0.3 is 0 Å². The molecular formula is C61H51N3. The number of benzene rings is 8. The summed E-state index contributed by atoms with van der Waals surface area (Å²) in [6, 6.07) is 60.0. The van der Waals surface area contributed by atoms with E-state index in [0.29, 0.717) is 23.4 Å². The summed E-state index contributed by atoms with van der Waals surface area (Å²) in [5, 5.41) is 5.14. The molecule has 64 heavy (non-hydrogen) atoms. The second-order valence-corrected chi connectivity index (χ2v) is 19.6. The van der Waals surface area contributed by atoms with Crippen molar-refractivity contribution in [1.29, 1.82) is 0 Å². The Morgan fingerprint density at radius 1 is 0.438 bits per heavy atom. The van der Waals surface area contributed by atoms with E-state index >= 15 is 0 Å². The second-order valence-electron chi connectivity index (χ2n) is 19.6. The van der Waals surface area contributed by atoms with Crippen LogP contribution in [0.5, 0.6) is 0 Å². The number of hydrogen-bond donors (Lipinski definition) is 0. The van der Waals surface area contributed by atoms with E-state index in [1.54, 1.807) is 0 Å². The molecule has 0 amide bonds. The number of rotatable bonds is 6. The monoisotopic (exact) mass is 825 g/mol. The smallest absolute Gasteiger partial charge is 0.164 e. The number of aromatic nitrogens is 3. The van der Waals surface area contributed by atoms with Crippen LogP contribution in [0.2, 0.25) is 0 Å². The average Bonchev–Trinajstić information content (AvgIpc) is 3.65. The molecule has 1 aromatic heterocycles. The summed E-state index contributed by atoms with van der Waals surface area (Å²) in [4.78, 5) is 15.5. The summed E-state index contributed by atoms with van der Waals surface area (Å²) in [6.07, 6.45) is 7.90. The molecule has 9 aromatic rings. The Balaban J connectivity index is 1.01. The molecule has 8 aromatic carbocycles. The highest BCUT2D eigenvalue weighted by atomic mass is 15.0. The van der Waals surface area contributed by atoms with Crippen LogP contribution in [0.15, 0.2) is 182 Å². The molecule has 1 heterocycles. The number of hydrogen-bond acceptors (Lipinski definition) is 3. The van der Waals surface area contributed by atoms with Crippen LogP contribution in [0, 0.1) is 0 Å². The van der Waals surface area contributed by atoms with Crippen LogP contribution in [0.1, 0.15) is 76.1 Å². The molecule has 2 aliphatic carbocycles. The predicted octanol–water partition coefficient (Wildman–Crippen LogP) is 16.2. The lowest BCUT2D eigenvalue weighted by molar-refractivity contribution is 0.590. The fourth-order valence-electron chi connectivity index (χ4n) is 9.89. The molecule has 2 aliphatic rings. The highest BCUT2D eigenvalue weighted by Crippen LogP contribution is 2.51. The SMILES string of the molecule is CC(C)(C)c1ccc(-c2nc(-c3ccc(C(C)(C)C)cc3)nc(-c3cccc(-c4c(-c5ccc(-c6ccc7c8c(cccc68)C6CC=CC=C76)cc5)ccc5ccccc45)c3)n2)cc1. The summed E-state index contributed by atoms with van der Waals surface area (Å²) >= 11 is 0. The zero-order valence-corrected chi connectivity index (χ0v) is 37.4. The molecular weight excluding hydrogens is 775 g/mol. The van der Waals surface area contributed by atoms with Gasteiger partial charge in [-0.2, -0.15) is 0 Å². The van der Waals surface area contributed by atoms with E-state index in [2.05, 4.69) is 224 Å². The van der Waals surface area contributed by atoms with Gasteiger partial charge in [-0.1, -0.05) is 217 Å². The predicted molar refractivity (Wildman–Crippen MR) is 269 cm³/mol. The van der Waals surface area contributed by atoms with Gasteiger partial charge in [-0.15, -0.1) is 0 Å². The van der Waals surface area contributed by atoms with Crippen molar-refractivity contribution in [2.45, 2.75) is 64.7 Å². The third-order valence-electron chi connectivity index (χ3n) is 13.4. The average molecular weight is 826 g/mol. The third kappa shape index (κ3) is 6.97.